The number of para-hydroxylation sites is 1. The van der Waals surface area contributed by atoms with Crippen molar-refractivity contribution in [1.82, 2.24) is 0 Å². The Morgan fingerprint density at radius 1 is 1.25 bits per heavy atom. The molecule has 0 N–H and O–H groups in total. The number of allylic oxidation sites excluding steroid dienone is 1. The second-order valence-electron chi connectivity index (χ2n) is 2.61. The van der Waals surface area contributed by atoms with Crippen molar-refractivity contribution in [3.63, 3.8) is 0 Å². The van der Waals surface area contributed by atoms with Gasteiger partial charge in [-0.3, -0.25) is 4.79 Å². The molecule has 0 radical (unpaired) electrons. The first-order valence-electron chi connectivity index (χ1n) is 3.82. The third-order valence-corrected chi connectivity index (χ3v) is 1.78. The topological polar surface area (TPSA) is 26.3 Å². The highest BCUT2D eigenvalue weighted by Crippen LogP contribution is 2.22. The molecule has 1 aromatic carbocycles. The summed E-state index contributed by atoms with van der Waals surface area (Å²) in [6.07, 6.45) is 3.71. The number of fused-ring (bicyclic) bond motifs is 1. The van der Waals surface area contributed by atoms with E-state index in [1.165, 1.54) is 0 Å². The highest BCUT2D eigenvalue weighted by molar-refractivity contribution is 5.99. The predicted octanol–water partition coefficient (Wildman–Crippen LogP) is 2.17. The molecule has 0 bridgehead atoms. The summed E-state index contributed by atoms with van der Waals surface area (Å²) in [7, 11) is 0. The zero-order chi connectivity index (χ0) is 8.39. The number of ether oxygens (including phenoxy) is 1. The van der Waals surface area contributed by atoms with Gasteiger partial charge in [-0.25, -0.2) is 0 Å². The van der Waals surface area contributed by atoms with E-state index in [1.54, 1.807) is 24.5 Å². The van der Waals surface area contributed by atoms with Crippen LogP contribution in [0.3, 0.4) is 0 Å². The van der Waals surface area contributed by atoms with E-state index in [2.05, 4.69) is 0 Å². The average Bonchev–Trinajstić information content (AvgIpc) is 2.29. The number of ketones is 1. The molecule has 0 spiro atoms. The quantitative estimate of drug-likeness (QED) is 0.581. The molecule has 0 aromatic heterocycles. The first-order chi connectivity index (χ1) is 5.88. The second kappa shape index (κ2) is 2.81. The van der Waals surface area contributed by atoms with Gasteiger partial charge in [0, 0.05) is 6.42 Å². The molecule has 0 unspecified atom stereocenters. The van der Waals surface area contributed by atoms with E-state index in [-0.39, 0.29) is 5.78 Å². The minimum atomic E-state index is 0.111. The minimum absolute atomic E-state index is 0.111. The molecule has 1 aromatic rings. The Labute approximate surface area is 70.5 Å². The van der Waals surface area contributed by atoms with Crippen LogP contribution in [0.1, 0.15) is 16.8 Å². The van der Waals surface area contributed by atoms with E-state index in [0.29, 0.717) is 17.7 Å². The number of hydrogen-bond acceptors (Lipinski definition) is 2. The van der Waals surface area contributed by atoms with Gasteiger partial charge < -0.3 is 4.74 Å². The van der Waals surface area contributed by atoms with Crippen molar-refractivity contribution in [3.05, 3.63) is 42.2 Å². The van der Waals surface area contributed by atoms with E-state index in [9.17, 15) is 4.79 Å². The number of carbonyl (C=O) groups is 1. The van der Waals surface area contributed by atoms with Crippen LogP contribution in [0, 0.1) is 0 Å². The molecule has 2 rings (SSSR count). The van der Waals surface area contributed by atoms with Crippen LogP contribution in [0.5, 0.6) is 5.75 Å². The van der Waals surface area contributed by atoms with Gasteiger partial charge in [-0.05, 0) is 18.2 Å². The Hall–Kier alpha value is -1.57. The third-order valence-electron chi connectivity index (χ3n) is 1.78. The number of rotatable bonds is 0. The maximum absolute atomic E-state index is 11.4. The highest BCUT2D eigenvalue weighted by Gasteiger charge is 2.11. The maximum atomic E-state index is 11.4. The second-order valence-corrected chi connectivity index (χ2v) is 2.61. The molecular weight excluding hydrogens is 152 g/mol. The highest BCUT2D eigenvalue weighted by atomic mass is 16.5. The summed E-state index contributed by atoms with van der Waals surface area (Å²) in [5.74, 6) is 0.760. The summed E-state index contributed by atoms with van der Waals surface area (Å²) in [6.45, 7) is 0. The van der Waals surface area contributed by atoms with Gasteiger partial charge >= 0.3 is 0 Å². The smallest absolute Gasteiger partial charge is 0.170 e. The van der Waals surface area contributed by atoms with Crippen molar-refractivity contribution in [2.45, 2.75) is 6.42 Å². The fourth-order valence-corrected chi connectivity index (χ4v) is 1.19. The molecule has 0 saturated carbocycles. The standard InChI is InChI=1S/C10H8O2/c11-9-5-3-7-12-10-6-2-1-4-8(9)10/h1-4,6-7H,5H2. The lowest BCUT2D eigenvalue weighted by molar-refractivity contribution is 0.0996. The molecule has 0 saturated heterocycles. The Morgan fingerprint density at radius 3 is 3.00 bits per heavy atom. The van der Waals surface area contributed by atoms with Crippen molar-refractivity contribution >= 4 is 5.78 Å². The van der Waals surface area contributed by atoms with Gasteiger partial charge in [-0.1, -0.05) is 12.1 Å². The zero-order valence-corrected chi connectivity index (χ0v) is 6.49. The fraction of sp³-hybridized carbons (Fsp3) is 0.100. The molecular formula is C10H8O2. The van der Waals surface area contributed by atoms with Gasteiger partial charge in [0.05, 0.1) is 11.8 Å². The summed E-state index contributed by atoms with van der Waals surface area (Å²) in [4.78, 5) is 11.4. The van der Waals surface area contributed by atoms with Crippen LogP contribution >= 0.6 is 0 Å². The molecule has 1 heterocycles. The molecule has 0 atom stereocenters. The van der Waals surface area contributed by atoms with Crippen LogP contribution in [0.25, 0.3) is 0 Å². The van der Waals surface area contributed by atoms with Crippen LogP contribution in [0.4, 0.5) is 0 Å². The summed E-state index contributed by atoms with van der Waals surface area (Å²) in [5.41, 5.74) is 0.669. The lowest BCUT2D eigenvalue weighted by Gasteiger charge is -2.02. The van der Waals surface area contributed by atoms with Crippen molar-refractivity contribution in [2.75, 3.05) is 0 Å². The number of Topliss-reactive ketones (excluding diaryl/α,β-unsaturated/α-hetero) is 1. The molecule has 2 nitrogen and oxygen atoms in total. The van der Waals surface area contributed by atoms with E-state index >= 15 is 0 Å². The van der Waals surface area contributed by atoms with Crippen LogP contribution in [-0.2, 0) is 0 Å². The number of hydrogen-bond donors (Lipinski definition) is 0. The minimum Gasteiger partial charge on any atom is -0.465 e. The number of benzene rings is 1. The normalized spacial score (nSPS) is 14.8. The van der Waals surface area contributed by atoms with E-state index in [4.69, 9.17) is 4.74 Å². The van der Waals surface area contributed by atoms with Crippen molar-refractivity contribution < 1.29 is 9.53 Å². The van der Waals surface area contributed by atoms with Crippen molar-refractivity contribution in [1.29, 1.82) is 0 Å². The summed E-state index contributed by atoms with van der Waals surface area (Å²) in [5, 5.41) is 0. The molecule has 0 fully saturated rings. The largest absolute Gasteiger partial charge is 0.465 e. The van der Waals surface area contributed by atoms with E-state index in [0.717, 1.165) is 0 Å². The van der Waals surface area contributed by atoms with Gasteiger partial charge in [-0.2, -0.15) is 0 Å². The van der Waals surface area contributed by atoms with Gasteiger partial charge in [0.25, 0.3) is 0 Å². The van der Waals surface area contributed by atoms with Gasteiger partial charge in [0.2, 0.25) is 0 Å². The van der Waals surface area contributed by atoms with Crippen molar-refractivity contribution in [2.24, 2.45) is 0 Å². The van der Waals surface area contributed by atoms with Crippen LogP contribution in [0.15, 0.2) is 36.6 Å². The lowest BCUT2D eigenvalue weighted by Crippen LogP contribution is -1.96. The van der Waals surface area contributed by atoms with Gasteiger partial charge in [-0.15, -0.1) is 0 Å². The molecule has 0 amide bonds. The summed E-state index contributed by atoms with van der Waals surface area (Å²) < 4.78 is 5.22. The third kappa shape index (κ3) is 1.11. The van der Waals surface area contributed by atoms with Crippen molar-refractivity contribution in [3.8, 4) is 5.75 Å². The molecule has 2 heteroatoms. The summed E-state index contributed by atoms with van der Waals surface area (Å²) >= 11 is 0. The molecule has 12 heavy (non-hydrogen) atoms. The fourth-order valence-electron chi connectivity index (χ4n) is 1.19. The van der Waals surface area contributed by atoms with Crippen LogP contribution < -0.4 is 4.74 Å². The van der Waals surface area contributed by atoms with E-state index in [1.807, 2.05) is 12.1 Å². The van der Waals surface area contributed by atoms with Gasteiger partial charge in [0.1, 0.15) is 5.75 Å². The van der Waals surface area contributed by atoms with Gasteiger partial charge in [0.15, 0.2) is 5.78 Å². The first-order valence-corrected chi connectivity index (χ1v) is 3.82. The SMILES string of the molecule is O=C1CC=COc2ccccc21. The molecule has 1 aliphatic heterocycles. The Morgan fingerprint density at radius 2 is 2.08 bits per heavy atom. The Balaban J connectivity index is 2.52. The average molecular weight is 160 g/mol. The molecule has 1 aliphatic rings. The number of carbonyl (C=O) groups excluding carboxylic acids is 1. The molecule has 60 valence electrons. The molecule has 0 aliphatic carbocycles. The Kier molecular flexibility index (Phi) is 1.67. The Bertz CT molecular complexity index is 339. The predicted molar refractivity (Wildman–Crippen MR) is 45.2 cm³/mol. The lowest BCUT2D eigenvalue weighted by atomic mass is 10.1. The van der Waals surface area contributed by atoms with Crippen LogP contribution in [0.2, 0.25) is 0 Å². The maximum Gasteiger partial charge on any atom is 0.170 e. The zero-order valence-electron chi connectivity index (χ0n) is 6.49. The summed E-state index contributed by atoms with van der Waals surface area (Å²) in [6, 6.07) is 7.27. The first kappa shape index (κ1) is 7.10. The van der Waals surface area contributed by atoms with Crippen LogP contribution in [-0.4, -0.2) is 5.78 Å². The van der Waals surface area contributed by atoms with E-state index < -0.39 is 0 Å². The monoisotopic (exact) mass is 160 g/mol.